The second-order valence-electron chi connectivity index (χ2n) is 5.42. The maximum atomic E-state index is 10.7. The van der Waals surface area contributed by atoms with E-state index in [1.165, 1.54) is 12.1 Å². The van der Waals surface area contributed by atoms with Gasteiger partial charge in [0, 0.05) is 34.6 Å². The molecule has 0 fully saturated rings. The minimum atomic E-state index is -0.431. The third-order valence-electron chi connectivity index (χ3n) is 3.65. The number of benzene rings is 2. The number of nitrogens with zero attached hydrogens (tertiary/aromatic N) is 4. The zero-order valence-electron chi connectivity index (χ0n) is 13.8. The molecule has 1 N–H and O–H groups in total. The molecular weight excluding hydrogens is 398 g/mol. The summed E-state index contributed by atoms with van der Waals surface area (Å²) >= 11 is 3.40. The van der Waals surface area contributed by atoms with E-state index in [4.69, 9.17) is 0 Å². The first-order chi connectivity index (χ1) is 12.5. The van der Waals surface area contributed by atoms with E-state index in [1.807, 2.05) is 31.2 Å². The second-order valence-corrected chi connectivity index (χ2v) is 6.33. The standard InChI is InChI=1S/C18H14BrN5O2/c1-12(13-2-6-16(19)7-3-13)22-23-18-20-10-15(11-21-18)14-4-8-17(9-5-14)24(25)26/h2-11H,1H3,(H,20,21,23). The van der Waals surface area contributed by atoms with Gasteiger partial charge in [0.2, 0.25) is 5.95 Å². The van der Waals surface area contributed by atoms with E-state index in [-0.39, 0.29) is 5.69 Å². The van der Waals surface area contributed by atoms with Crippen LogP contribution in [-0.4, -0.2) is 20.6 Å². The van der Waals surface area contributed by atoms with Gasteiger partial charge in [0.15, 0.2) is 0 Å². The molecule has 0 aliphatic heterocycles. The first kappa shape index (κ1) is 17.7. The Morgan fingerprint density at radius 1 is 1.04 bits per heavy atom. The highest BCUT2D eigenvalue weighted by Crippen LogP contribution is 2.21. The highest BCUT2D eigenvalue weighted by Gasteiger charge is 2.06. The van der Waals surface area contributed by atoms with Gasteiger partial charge in [-0.1, -0.05) is 28.1 Å². The fourth-order valence-corrected chi connectivity index (χ4v) is 2.46. The first-order valence-corrected chi connectivity index (χ1v) is 8.45. The molecule has 0 spiro atoms. The van der Waals surface area contributed by atoms with Crippen molar-refractivity contribution in [2.75, 3.05) is 5.43 Å². The average Bonchev–Trinajstić information content (AvgIpc) is 2.67. The zero-order chi connectivity index (χ0) is 18.5. The van der Waals surface area contributed by atoms with Crippen molar-refractivity contribution in [3.05, 3.63) is 81.1 Å². The maximum Gasteiger partial charge on any atom is 0.269 e. The molecule has 0 bridgehead atoms. The number of nitro groups is 1. The third kappa shape index (κ3) is 4.28. The number of anilines is 1. The summed E-state index contributed by atoms with van der Waals surface area (Å²) in [6, 6.07) is 14.1. The fraction of sp³-hybridized carbons (Fsp3) is 0.0556. The molecule has 0 saturated carbocycles. The minimum Gasteiger partial charge on any atom is -0.258 e. The first-order valence-electron chi connectivity index (χ1n) is 7.66. The third-order valence-corrected chi connectivity index (χ3v) is 4.18. The van der Waals surface area contributed by atoms with E-state index in [2.05, 4.69) is 36.4 Å². The van der Waals surface area contributed by atoms with Gasteiger partial charge in [-0.15, -0.1) is 0 Å². The normalized spacial score (nSPS) is 11.2. The van der Waals surface area contributed by atoms with Crippen molar-refractivity contribution in [2.24, 2.45) is 5.10 Å². The van der Waals surface area contributed by atoms with Crippen LogP contribution >= 0.6 is 15.9 Å². The molecule has 8 heteroatoms. The summed E-state index contributed by atoms with van der Waals surface area (Å²) in [4.78, 5) is 18.7. The van der Waals surface area contributed by atoms with Gasteiger partial charge in [-0.05, 0) is 42.3 Å². The van der Waals surface area contributed by atoms with Gasteiger partial charge in [0.25, 0.3) is 5.69 Å². The predicted octanol–water partition coefficient (Wildman–Crippen LogP) is 4.65. The number of hydrazone groups is 1. The van der Waals surface area contributed by atoms with Crippen molar-refractivity contribution in [1.82, 2.24) is 9.97 Å². The van der Waals surface area contributed by atoms with Crippen molar-refractivity contribution in [3.63, 3.8) is 0 Å². The fourth-order valence-electron chi connectivity index (χ4n) is 2.20. The lowest BCUT2D eigenvalue weighted by Crippen LogP contribution is -2.02. The van der Waals surface area contributed by atoms with E-state index < -0.39 is 4.92 Å². The number of halogens is 1. The minimum absolute atomic E-state index is 0.0470. The van der Waals surface area contributed by atoms with Crippen LogP contribution in [0.1, 0.15) is 12.5 Å². The molecule has 1 heterocycles. The van der Waals surface area contributed by atoms with Crippen LogP contribution in [0.3, 0.4) is 0 Å². The molecule has 0 radical (unpaired) electrons. The molecule has 0 atom stereocenters. The molecule has 7 nitrogen and oxygen atoms in total. The van der Waals surface area contributed by atoms with Gasteiger partial charge < -0.3 is 0 Å². The Bertz CT molecular complexity index is 939. The molecule has 0 unspecified atom stereocenters. The summed E-state index contributed by atoms with van der Waals surface area (Å²) in [6.45, 7) is 1.89. The van der Waals surface area contributed by atoms with Crippen molar-refractivity contribution in [3.8, 4) is 11.1 Å². The molecule has 0 amide bonds. The van der Waals surface area contributed by atoms with Crippen LogP contribution in [0.4, 0.5) is 11.6 Å². The highest BCUT2D eigenvalue weighted by molar-refractivity contribution is 9.10. The number of hydrogen-bond donors (Lipinski definition) is 1. The molecule has 26 heavy (non-hydrogen) atoms. The summed E-state index contributed by atoms with van der Waals surface area (Å²) in [5.74, 6) is 0.368. The van der Waals surface area contributed by atoms with E-state index in [0.29, 0.717) is 5.95 Å². The molecule has 2 aromatic carbocycles. The SMILES string of the molecule is CC(=NNc1ncc(-c2ccc([N+](=O)[O-])cc2)cn1)c1ccc(Br)cc1. The van der Waals surface area contributed by atoms with Crippen LogP contribution in [-0.2, 0) is 0 Å². The summed E-state index contributed by atoms with van der Waals surface area (Å²) in [5, 5.41) is 15.0. The van der Waals surface area contributed by atoms with Crippen molar-refractivity contribution < 1.29 is 4.92 Å². The van der Waals surface area contributed by atoms with E-state index in [9.17, 15) is 10.1 Å². The van der Waals surface area contributed by atoms with Crippen LogP contribution in [0.15, 0.2) is 70.5 Å². The smallest absolute Gasteiger partial charge is 0.258 e. The van der Waals surface area contributed by atoms with Gasteiger partial charge in [0.05, 0.1) is 10.6 Å². The second kappa shape index (κ2) is 7.83. The molecule has 3 aromatic rings. The molecule has 3 rings (SSSR count). The van der Waals surface area contributed by atoms with Crippen LogP contribution in [0.2, 0.25) is 0 Å². The van der Waals surface area contributed by atoms with Crippen LogP contribution in [0.5, 0.6) is 0 Å². The number of aromatic nitrogens is 2. The monoisotopic (exact) mass is 411 g/mol. The average molecular weight is 412 g/mol. The topological polar surface area (TPSA) is 93.3 Å². The van der Waals surface area contributed by atoms with Crippen molar-refractivity contribution >= 4 is 33.3 Å². The number of nitro benzene ring substituents is 1. The number of hydrogen-bond acceptors (Lipinski definition) is 6. The Hall–Kier alpha value is -3.13. The lowest BCUT2D eigenvalue weighted by Gasteiger charge is -2.04. The predicted molar refractivity (Wildman–Crippen MR) is 104 cm³/mol. The van der Waals surface area contributed by atoms with Gasteiger partial charge in [-0.3, -0.25) is 10.1 Å². The van der Waals surface area contributed by atoms with Crippen LogP contribution in [0.25, 0.3) is 11.1 Å². The summed E-state index contributed by atoms with van der Waals surface area (Å²) in [6.07, 6.45) is 3.28. The maximum absolute atomic E-state index is 10.7. The lowest BCUT2D eigenvalue weighted by atomic mass is 10.1. The summed E-state index contributed by atoms with van der Waals surface area (Å²) in [7, 11) is 0. The number of nitrogens with one attached hydrogen (secondary N) is 1. The Balaban J connectivity index is 1.70. The van der Waals surface area contributed by atoms with Crippen LogP contribution in [0, 0.1) is 10.1 Å². The quantitative estimate of drug-likeness (QED) is 0.374. The molecule has 0 aliphatic rings. The van der Waals surface area contributed by atoms with Gasteiger partial charge in [-0.2, -0.15) is 5.10 Å². The molecule has 0 saturated heterocycles. The van der Waals surface area contributed by atoms with E-state index >= 15 is 0 Å². The number of non-ortho nitro benzene ring substituents is 1. The highest BCUT2D eigenvalue weighted by atomic mass is 79.9. The molecular formula is C18H14BrN5O2. The Kier molecular flexibility index (Phi) is 5.33. The van der Waals surface area contributed by atoms with E-state index in [0.717, 1.165) is 26.9 Å². The molecule has 0 aliphatic carbocycles. The summed E-state index contributed by atoms with van der Waals surface area (Å²) in [5.41, 5.74) is 6.23. The lowest BCUT2D eigenvalue weighted by molar-refractivity contribution is -0.384. The van der Waals surface area contributed by atoms with Crippen LogP contribution < -0.4 is 5.43 Å². The summed E-state index contributed by atoms with van der Waals surface area (Å²) < 4.78 is 1.01. The Morgan fingerprint density at radius 2 is 1.65 bits per heavy atom. The van der Waals surface area contributed by atoms with Gasteiger partial charge >= 0.3 is 0 Å². The number of rotatable bonds is 5. The van der Waals surface area contributed by atoms with E-state index in [1.54, 1.807) is 24.5 Å². The molecule has 1 aromatic heterocycles. The van der Waals surface area contributed by atoms with Crippen molar-refractivity contribution in [2.45, 2.75) is 6.92 Å². The molecule has 130 valence electrons. The van der Waals surface area contributed by atoms with Gasteiger partial charge in [0.1, 0.15) is 0 Å². The largest absolute Gasteiger partial charge is 0.269 e. The van der Waals surface area contributed by atoms with Gasteiger partial charge in [-0.25, -0.2) is 15.4 Å². The van der Waals surface area contributed by atoms with Crippen molar-refractivity contribution in [1.29, 1.82) is 0 Å². The zero-order valence-corrected chi connectivity index (χ0v) is 15.3. The Labute approximate surface area is 158 Å². The Morgan fingerprint density at radius 3 is 2.23 bits per heavy atom.